The molecule has 2 aromatic heterocycles. The number of rotatable bonds is 11. The molecule has 0 radical (unpaired) electrons. The minimum Gasteiger partial charge on any atom is -0.506 e. The molecule has 0 aliphatic heterocycles. The van der Waals surface area contributed by atoms with Gasteiger partial charge in [-0.05, 0) is 34.4 Å². The number of aliphatic hydroxyl groups is 2. The van der Waals surface area contributed by atoms with Crippen LogP contribution < -0.4 is 9.13 Å². The van der Waals surface area contributed by atoms with Gasteiger partial charge in [-0.3, -0.25) is 9.59 Å². The topological polar surface area (TPSA) is 82.4 Å². The van der Waals surface area contributed by atoms with Gasteiger partial charge in [-0.15, -0.1) is 0 Å². The number of benzene rings is 4. The highest BCUT2D eigenvalue weighted by Gasteiger charge is 2.37. The summed E-state index contributed by atoms with van der Waals surface area (Å²) >= 11 is 3.25. The van der Waals surface area contributed by atoms with E-state index < -0.39 is 0 Å². The molecule has 4 aromatic carbocycles. The Morgan fingerprint density at radius 3 is 1.27 bits per heavy atom. The van der Waals surface area contributed by atoms with E-state index in [0.29, 0.717) is 33.4 Å². The molecule has 0 atom stereocenters. The van der Waals surface area contributed by atoms with Crippen molar-refractivity contribution in [3.05, 3.63) is 141 Å². The first-order chi connectivity index (χ1) is 25.4. The van der Waals surface area contributed by atoms with Gasteiger partial charge in [0.05, 0.1) is 22.3 Å². The Balaban J connectivity index is 1.01. The molecule has 0 saturated carbocycles. The van der Waals surface area contributed by atoms with Crippen LogP contribution in [0.3, 0.4) is 0 Å². The lowest BCUT2D eigenvalue weighted by Gasteiger charge is -2.21. The number of aliphatic hydroxyl groups excluding tert-OH is 2. The van der Waals surface area contributed by atoms with Gasteiger partial charge in [0, 0.05) is 37.1 Å². The Labute approximate surface area is 310 Å². The largest absolute Gasteiger partial charge is 0.506 e. The summed E-state index contributed by atoms with van der Waals surface area (Å²) in [6.07, 6.45) is 7.83. The number of carbonyl (C=O) groups excluding carboxylic acids is 2. The second kappa shape index (κ2) is 13.9. The first-order valence-electron chi connectivity index (χ1n) is 17.8. The molecule has 2 aliphatic carbocycles. The number of Topliss-reactive ketones (excluding diaryl/α,β-unsaturated/α-hetero) is 2. The van der Waals surface area contributed by atoms with E-state index >= 15 is 0 Å². The number of ketones is 2. The minimum absolute atomic E-state index is 0.0244. The maximum absolute atomic E-state index is 13.3. The summed E-state index contributed by atoms with van der Waals surface area (Å²) in [7, 11) is 0. The molecule has 8 heteroatoms. The highest BCUT2D eigenvalue weighted by Crippen LogP contribution is 2.40. The van der Waals surface area contributed by atoms with Gasteiger partial charge in [-0.25, -0.2) is 0 Å². The van der Waals surface area contributed by atoms with E-state index in [1.165, 1.54) is 0 Å². The van der Waals surface area contributed by atoms with E-state index in [9.17, 15) is 19.8 Å². The molecule has 0 amide bonds. The molecule has 2 aliphatic rings. The number of aromatic nitrogens is 2. The zero-order chi connectivity index (χ0) is 35.9. The average Bonchev–Trinajstić information content (AvgIpc) is 3.72. The van der Waals surface area contributed by atoms with Crippen molar-refractivity contribution in [1.82, 2.24) is 0 Å². The van der Waals surface area contributed by atoms with Crippen LogP contribution in [0.15, 0.2) is 120 Å². The number of unbranched alkanes of at least 4 members (excludes halogenated alkanes) is 2. The average molecular weight is 723 g/mol. The molecule has 0 unspecified atom stereocenters. The van der Waals surface area contributed by atoms with Crippen LogP contribution in [-0.2, 0) is 22.7 Å². The predicted molar refractivity (Wildman–Crippen MR) is 211 cm³/mol. The molecule has 2 N–H and O–H groups in total. The Bertz CT molecular complexity index is 2350. The van der Waals surface area contributed by atoms with E-state index in [4.69, 9.17) is 0 Å². The van der Waals surface area contributed by atoms with Crippen LogP contribution in [-0.4, -0.2) is 21.8 Å². The van der Waals surface area contributed by atoms with Crippen LogP contribution in [0.5, 0.6) is 0 Å². The molecule has 0 fully saturated rings. The third-order valence-electron chi connectivity index (χ3n) is 9.89. The molecule has 6 aromatic rings. The lowest BCUT2D eigenvalue weighted by molar-refractivity contribution is -0.669. The molecule has 8 rings (SSSR count). The van der Waals surface area contributed by atoms with Crippen LogP contribution in [0, 0.1) is 0 Å². The van der Waals surface area contributed by atoms with Gasteiger partial charge in [0.2, 0.25) is 22.6 Å². The van der Waals surface area contributed by atoms with Crippen molar-refractivity contribution in [3.8, 4) is 11.1 Å². The van der Waals surface area contributed by atoms with Crippen molar-refractivity contribution in [2.24, 2.45) is 0 Å². The molecular formula is C44H38N2O4S2+2. The lowest BCUT2D eigenvalue weighted by atomic mass is 9.82. The maximum Gasteiger partial charge on any atom is 0.263 e. The molecule has 0 spiro atoms. The molecule has 52 heavy (non-hydrogen) atoms. The van der Waals surface area contributed by atoms with Crippen LogP contribution in [0.25, 0.3) is 54.9 Å². The van der Waals surface area contributed by atoms with Crippen molar-refractivity contribution in [1.29, 1.82) is 0 Å². The number of hydrogen-bond donors (Lipinski definition) is 2. The second-order valence-corrected chi connectivity index (χ2v) is 15.3. The number of nitrogens with zero attached hydrogens (tertiary/aromatic N) is 2. The van der Waals surface area contributed by atoms with Crippen molar-refractivity contribution in [2.75, 3.05) is 0 Å². The Morgan fingerprint density at radius 2 is 0.904 bits per heavy atom. The van der Waals surface area contributed by atoms with E-state index in [0.717, 1.165) is 80.3 Å². The van der Waals surface area contributed by atoms with E-state index in [2.05, 4.69) is 47.2 Å². The summed E-state index contributed by atoms with van der Waals surface area (Å²) in [5.41, 5.74) is 6.81. The van der Waals surface area contributed by atoms with Crippen LogP contribution >= 0.6 is 22.7 Å². The van der Waals surface area contributed by atoms with Gasteiger partial charge in [0.15, 0.2) is 13.1 Å². The van der Waals surface area contributed by atoms with Crippen molar-refractivity contribution in [2.45, 2.75) is 52.6 Å². The highest BCUT2D eigenvalue weighted by atomic mass is 32.1. The van der Waals surface area contributed by atoms with Crippen molar-refractivity contribution >= 4 is 78.0 Å². The van der Waals surface area contributed by atoms with Crippen LogP contribution in [0.1, 0.15) is 60.7 Å². The fraction of sp³-hybridized carbons (Fsp3) is 0.182. The number of carbonyl (C=O) groups is 2. The van der Waals surface area contributed by atoms with Gasteiger partial charge >= 0.3 is 0 Å². The number of thiazole rings is 2. The predicted octanol–water partition coefficient (Wildman–Crippen LogP) is 9.83. The smallest absolute Gasteiger partial charge is 0.263 e. The van der Waals surface area contributed by atoms with Crippen molar-refractivity contribution < 1.29 is 28.9 Å². The van der Waals surface area contributed by atoms with Gasteiger partial charge in [-0.2, -0.15) is 9.13 Å². The Kier molecular flexibility index (Phi) is 9.03. The summed E-state index contributed by atoms with van der Waals surface area (Å²) in [6.45, 7) is 6.03. The zero-order valence-electron chi connectivity index (χ0n) is 29.1. The van der Waals surface area contributed by atoms with E-state index in [1.54, 1.807) is 22.7 Å². The van der Waals surface area contributed by atoms with E-state index in [-0.39, 0.29) is 23.1 Å². The zero-order valence-corrected chi connectivity index (χ0v) is 30.7. The SMILES string of the molecule is CCCC[n+]1c(/C=C2/C(=O)C(c3ccc(-c4ccc(C5=C(O)/C(=C\c6sc7ccccc7[n+]6CCCC)C5=O)cc4)cc3)=C2O)sc2ccccc21. The van der Waals surface area contributed by atoms with Gasteiger partial charge < -0.3 is 10.2 Å². The van der Waals surface area contributed by atoms with Crippen molar-refractivity contribution in [3.63, 3.8) is 0 Å². The highest BCUT2D eigenvalue weighted by molar-refractivity contribution is 7.19. The summed E-state index contributed by atoms with van der Waals surface area (Å²) in [5.74, 6) is -0.277. The summed E-state index contributed by atoms with van der Waals surface area (Å²) in [5, 5.41) is 24.0. The number of fused-ring (bicyclic) bond motifs is 2. The summed E-state index contributed by atoms with van der Waals surface area (Å²) in [4.78, 5) is 26.7. The fourth-order valence-electron chi connectivity index (χ4n) is 6.97. The normalized spacial score (nSPS) is 16.1. The van der Waals surface area contributed by atoms with Gasteiger partial charge in [0.1, 0.15) is 20.9 Å². The molecule has 6 nitrogen and oxygen atoms in total. The lowest BCUT2D eigenvalue weighted by Crippen LogP contribution is -2.35. The third kappa shape index (κ3) is 5.82. The third-order valence-corrected chi connectivity index (χ3v) is 12.1. The molecule has 0 saturated heterocycles. The first-order valence-corrected chi connectivity index (χ1v) is 19.4. The quantitative estimate of drug-likeness (QED) is 0.103. The standard InChI is InChI=1S/C44H36N2O4S2/c1-3-5-23-45-33-11-7-9-13-35(33)51-37(45)25-31-41(47)39(42(31)48)29-19-15-27(16-20-29)28-17-21-30(22-18-28)40-43(49)32(44(40)50)26-38-46(24-6-4-2)34-12-8-10-14-36(34)52-38/h7-22,25-26H,3-6,23-24H2,1-2H3/p+2. The Morgan fingerprint density at radius 1 is 0.538 bits per heavy atom. The monoisotopic (exact) mass is 722 g/mol. The second-order valence-electron chi connectivity index (χ2n) is 13.2. The number of allylic oxidation sites excluding steroid dienone is 4. The molecular weight excluding hydrogens is 685 g/mol. The van der Waals surface area contributed by atoms with Crippen LogP contribution in [0.4, 0.5) is 0 Å². The van der Waals surface area contributed by atoms with Gasteiger partial charge in [0.25, 0.3) is 10.0 Å². The summed E-state index contributed by atoms with van der Waals surface area (Å²) < 4.78 is 6.77. The fourth-order valence-corrected chi connectivity index (χ4v) is 9.23. The first kappa shape index (κ1) is 33.7. The summed E-state index contributed by atoms with van der Waals surface area (Å²) in [6, 6.07) is 31.6. The minimum atomic E-state index is -0.163. The number of hydrogen-bond acceptors (Lipinski definition) is 6. The van der Waals surface area contributed by atoms with E-state index in [1.807, 2.05) is 84.9 Å². The number of aryl methyl sites for hydroxylation is 2. The number of para-hydroxylation sites is 2. The van der Waals surface area contributed by atoms with Crippen LogP contribution in [0.2, 0.25) is 0 Å². The maximum atomic E-state index is 13.3. The van der Waals surface area contributed by atoms with Gasteiger partial charge in [-0.1, -0.05) is 122 Å². The Hall–Kier alpha value is -5.44. The molecule has 0 bridgehead atoms. The molecule has 258 valence electrons. The molecule has 2 heterocycles.